The van der Waals surface area contributed by atoms with E-state index in [-0.39, 0.29) is 18.2 Å². The molecule has 0 saturated carbocycles. The smallest absolute Gasteiger partial charge is 0.251 e. The van der Waals surface area contributed by atoms with Crippen molar-refractivity contribution in [3.8, 4) is 0 Å². The molecule has 0 aliphatic rings. The number of carbonyl (C=O) groups is 1. The summed E-state index contributed by atoms with van der Waals surface area (Å²) < 4.78 is 21.2. The van der Waals surface area contributed by atoms with Gasteiger partial charge < -0.3 is 5.32 Å². The van der Waals surface area contributed by atoms with E-state index in [4.69, 9.17) is 10.7 Å². The number of halogens is 1. The summed E-state index contributed by atoms with van der Waals surface area (Å²) >= 11 is 0. The van der Waals surface area contributed by atoms with Crippen LogP contribution in [0.1, 0.15) is 15.9 Å². The van der Waals surface area contributed by atoms with Crippen LogP contribution in [0.25, 0.3) is 0 Å². The SMILES string of the molecule is Cc1ccc(C(=O)NCCS(=O)(=O)Cl)cc1. The third kappa shape index (κ3) is 4.63. The molecule has 0 unspecified atom stereocenters. The van der Waals surface area contributed by atoms with Crippen molar-refractivity contribution in [1.29, 1.82) is 0 Å². The van der Waals surface area contributed by atoms with Crippen molar-refractivity contribution < 1.29 is 13.2 Å². The molecule has 1 N–H and O–H groups in total. The van der Waals surface area contributed by atoms with Crippen LogP contribution in [0.3, 0.4) is 0 Å². The van der Waals surface area contributed by atoms with Gasteiger partial charge in [0.05, 0.1) is 5.75 Å². The van der Waals surface area contributed by atoms with Gasteiger partial charge in [0, 0.05) is 22.8 Å². The van der Waals surface area contributed by atoms with Crippen LogP contribution in [0.2, 0.25) is 0 Å². The lowest BCUT2D eigenvalue weighted by Crippen LogP contribution is -2.27. The molecule has 0 aromatic heterocycles. The molecular weight excluding hydrogens is 250 g/mol. The largest absolute Gasteiger partial charge is 0.351 e. The molecule has 0 spiro atoms. The predicted molar refractivity (Wildman–Crippen MR) is 63.2 cm³/mol. The van der Waals surface area contributed by atoms with Crippen LogP contribution in [0, 0.1) is 6.92 Å². The highest BCUT2D eigenvalue weighted by Gasteiger charge is 2.08. The standard InChI is InChI=1S/C10H12ClNO3S/c1-8-2-4-9(5-3-8)10(13)12-6-7-16(11,14)15/h2-5H,6-7H2,1H3,(H,12,13). The Morgan fingerprint density at radius 2 is 1.88 bits per heavy atom. The van der Waals surface area contributed by atoms with Crippen molar-refractivity contribution in [1.82, 2.24) is 5.32 Å². The molecule has 6 heteroatoms. The Balaban J connectivity index is 2.50. The minimum atomic E-state index is -3.55. The maximum atomic E-state index is 11.5. The highest BCUT2D eigenvalue weighted by atomic mass is 35.7. The zero-order valence-corrected chi connectivity index (χ0v) is 10.3. The van der Waals surface area contributed by atoms with Crippen molar-refractivity contribution in [3.63, 3.8) is 0 Å². The first-order valence-electron chi connectivity index (χ1n) is 4.66. The highest BCUT2D eigenvalue weighted by molar-refractivity contribution is 8.13. The molecular formula is C10H12ClNO3S. The summed E-state index contributed by atoms with van der Waals surface area (Å²) in [6, 6.07) is 6.99. The van der Waals surface area contributed by atoms with Crippen LogP contribution >= 0.6 is 10.7 Å². The van der Waals surface area contributed by atoms with Crippen LogP contribution in [-0.2, 0) is 9.05 Å². The highest BCUT2D eigenvalue weighted by Crippen LogP contribution is 2.02. The number of aryl methyl sites for hydroxylation is 1. The lowest BCUT2D eigenvalue weighted by Gasteiger charge is -2.03. The maximum Gasteiger partial charge on any atom is 0.251 e. The second-order valence-electron chi connectivity index (χ2n) is 3.36. The van der Waals surface area contributed by atoms with Crippen molar-refractivity contribution in [2.24, 2.45) is 0 Å². The van der Waals surface area contributed by atoms with E-state index in [1.807, 2.05) is 19.1 Å². The Kier molecular flexibility index (Phi) is 4.32. The summed E-state index contributed by atoms with van der Waals surface area (Å²) in [5, 5.41) is 2.47. The Hall–Kier alpha value is -1.07. The minimum Gasteiger partial charge on any atom is -0.351 e. The molecule has 1 aromatic carbocycles. The third-order valence-electron chi connectivity index (χ3n) is 1.95. The molecule has 16 heavy (non-hydrogen) atoms. The van der Waals surface area contributed by atoms with E-state index in [9.17, 15) is 13.2 Å². The molecule has 88 valence electrons. The molecule has 1 rings (SSSR count). The summed E-state index contributed by atoms with van der Waals surface area (Å²) in [6.07, 6.45) is 0. The average Bonchev–Trinajstić information content (AvgIpc) is 2.16. The summed E-state index contributed by atoms with van der Waals surface area (Å²) in [7, 11) is 1.45. The van der Waals surface area contributed by atoms with E-state index in [2.05, 4.69) is 5.32 Å². The van der Waals surface area contributed by atoms with Gasteiger partial charge in [-0.2, -0.15) is 0 Å². The van der Waals surface area contributed by atoms with E-state index in [0.29, 0.717) is 5.56 Å². The lowest BCUT2D eigenvalue weighted by atomic mass is 10.1. The van der Waals surface area contributed by atoms with E-state index in [1.165, 1.54) is 0 Å². The molecule has 0 fully saturated rings. The fourth-order valence-corrected chi connectivity index (χ4v) is 1.67. The van der Waals surface area contributed by atoms with Crippen molar-refractivity contribution >= 4 is 25.6 Å². The van der Waals surface area contributed by atoms with E-state index in [1.54, 1.807) is 12.1 Å². The monoisotopic (exact) mass is 261 g/mol. The van der Waals surface area contributed by atoms with Gasteiger partial charge in [-0.3, -0.25) is 4.79 Å². The topological polar surface area (TPSA) is 63.2 Å². The second kappa shape index (κ2) is 5.32. The molecule has 0 aliphatic heterocycles. The van der Waals surface area contributed by atoms with Gasteiger partial charge in [-0.15, -0.1) is 0 Å². The van der Waals surface area contributed by atoms with E-state index in [0.717, 1.165) is 5.56 Å². The first-order chi connectivity index (χ1) is 7.38. The van der Waals surface area contributed by atoms with Gasteiger partial charge in [0.1, 0.15) is 0 Å². The molecule has 1 amide bonds. The fourth-order valence-electron chi connectivity index (χ4n) is 1.09. The molecule has 0 bridgehead atoms. The lowest BCUT2D eigenvalue weighted by molar-refractivity contribution is 0.0956. The number of hydrogen-bond acceptors (Lipinski definition) is 3. The van der Waals surface area contributed by atoms with Gasteiger partial charge in [-0.25, -0.2) is 8.42 Å². The predicted octanol–water partition coefficient (Wildman–Crippen LogP) is 1.29. The molecule has 0 atom stereocenters. The first-order valence-corrected chi connectivity index (χ1v) is 7.13. The third-order valence-corrected chi connectivity index (χ3v) is 3.10. The molecule has 1 aromatic rings. The number of amides is 1. The summed E-state index contributed by atoms with van der Waals surface area (Å²) in [4.78, 5) is 11.5. The van der Waals surface area contributed by atoms with Crippen molar-refractivity contribution in [2.75, 3.05) is 12.3 Å². The van der Waals surface area contributed by atoms with Crippen LogP contribution in [0.15, 0.2) is 24.3 Å². The summed E-state index contributed by atoms with van der Waals surface area (Å²) in [5.74, 6) is -0.577. The van der Waals surface area contributed by atoms with Gasteiger partial charge in [0.15, 0.2) is 0 Å². The van der Waals surface area contributed by atoms with Gasteiger partial charge in [0.2, 0.25) is 9.05 Å². The molecule has 4 nitrogen and oxygen atoms in total. The fraction of sp³-hybridized carbons (Fsp3) is 0.300. The number of rotatable bonds is 4. The second-order valence-corrected chi connectivity index (χ2v) is 6.26. The minimum absolute atomic E-state index is 0.0124. The molecule has 0 heterocycles. The Bertz CT molecular complexity index is 467. The Morgan fingerprint density at radius 3 is 2.38 bits per heavy atom. The number of hydrogen-bond donors (Lipinski definition) is 1. The van der Waals surface area contributed by atoms with Gasteiger partial charge in [-0.1, -0.05) is 17.7 Å². The Morgan fingerprint density at radius 1 is 1.31 bits per heavy atom. The van der Waals surface area contributed by atoms with Crippen LogP contribution < -0.4 is 5.32 Å². The number of benzene rings is 1. The van der Waals surface area contributed by atoms with E-state index >= 15 is 0 Å². The quantitative estimate of drug-likeness (QED) is 0.831. The van der Waals surface area contributed by atoms with Gasteiger partial charge in [0.25, 0.3) is 5.91 Å². The molecule has 0 radical (unpaired) electrons. The van der Waals surface area contributed by atoms with E-state index < -0.39 is 9.05 Å². The number of carbonyl (C=O) groups excluding carboxylic acids is 1. The van der Waals surface area contributed by atoms with Gasteiger partial charge >= 0.3 is 0 Å². The summed E-state index contributed by atoms with van der Waals surface area (Å²) in [6.45, 7) is 1.93. The number of nitrogens with one attached hydrogen (secondary N) is 1. The maximum absolute atomic E-state index is 11.5. The van der Waals surface area contributed by atoms with Crippen LogP contribution in [-0.4, -0.2) is 26.6 Å². The van der Waals surface area contributed by atoms with Crippen LogP contribution in [0.4, 0.5) is 0 Å². The average molecular weight is 262 g/mol. The molecule has 0 saturated heterocycles. The van der Waals surface area contributed by atoms with Crippen LogP contribution in [0.5, 0.6) is 0 Å². The Labute approximate surface area is 99.0 Å². The first kappa shape index (κ1) is 13.0. The van der Waals surface area contributed by atoms with Gasteiger partial charge in [-0.05, 0) is 19.1 Å². The normalized spacial score (nSPS) is 11.1. The van der Waals surface area contributed by atoms with Crippen molar-refractivity contribution in [3.05, 3.63) is 35.4 Å². The zero-order chi connectivity index (χ0) is 12.2. The summed E-state index contributed by atoms with van der Waals surface area (Å²) in [5.41, 5.74) is 1.55. The van der Waals surface area contributed by atoms with Crippen molar-refractivity contribution in [2.45, 2.75) is 6.92 Å². The zero-order valence-electron chi connectivity index (χ0n) is 8.73. The molecule has 0 aliphatic carbocycles.